The van der Waals surface area contributed by atoms with Gasteiger partial charge >= 0.3 is 6.36 Å². The van der Waals surface area contributed by atoms with Crippen LogP contribution in [0.15, 0.2) is 51.5 Å². The summed E-state index contributed by atoms with van der Waals surface area (Å²) >= 11 is 5.95. The second-order valence-corrected chi connectivity index (χ2v) is 7.68. The number of likely N-dealkylation sites (tertiary alicyclic amines) is 1. The van der Waals surface area contributed by atoms with Crippen molar-refractivity contribution in [3.8, 4) is 17.1 Å². The number of aliphatic hydroxyl groups excluding tert-OH is 1. The molecule has 0 bridgehead atoms. The summed E-state index contributed by atoms with van der Waals surface area (Å²) < 4.78 is 46.1. The topological polar surface area (TPSA) is 88.7 Å². The van der Waals surface area contributed by atoms with E-state index in [9.17, 15) is 23.1 Å². The van der Waals surface area contributed by atoms with Crippen molar-refractivity contribution in [1.29, 1.82) is 0 Å². The van der Waals surface area contributed by atoms with Crippen LogP contribution in [0.2, 0.25) is 0 Å². The van der Waals surface area contributed by atoms with Crippen molar-refractivity contribution in [2.75, 3.05) is 6.54 Å². The zero-order valence-electron chi connectivity index (χ0n) is 16.0. The molecule has 7 nitrogen and oxygen atoms in total. The van der Waals surface area contributed by atoms with Crippen LogP contribution in [0.5, 0.6) is 5.75 Å². The van der Waals surface area contributed by atoms with Crippen LogP contribution in [0.1, 0.15) is 31.2 Å². The molecule has 1 saturated heterocycles. The number of aliphatic hydroxyl groups is 1. The van der Waals surface area contributed by atoms with Gasteiger partial charge in [-0.1, -0.05) is 22.8 Å². The van der Waals surface area contributed by atoms with Gasteiger partial charge in [0, 0.05) is 29.1 Å². The van der Waals surface area contributed by atoms with Gasteiger partial charge in [-0.05, 0) is 43.2 Å². The Balaban J connectivity index is 1.52. The minimum atomic E-state index is -4.78. The lowest BCUT2D eigenvalue weighted by Crippen LogP contribution is -2.33. The molecule has 164 valence electrons. The van der Waals surface area contributed by atoms with Crippen molar-refractivity contribution in [3.63, 3.8) is 0 Å². The fourth-order valence-electron chi connectivity index (χ4n) is 3.54. The number of allylic oxidation sites excluding steroid dienone is 3. The summed E-state index contributed by atoms with van der Waals surface area (Å²) in [6, 6.07) is 4.40. The van der Waals surface area contributed by atoms with E-state index < -0.39 is 18.5 Å². The number of hydrogen-bond acceptors (Lipinski definition) is 6. The number of β-amino-alcohol motifs (C(OH)–C–C–N with tert-alkyl or cyclic N) is 1. The number of amides is 1. The second kappa shape index (κ2) is 8.35. The van der Waals surface area contributed by atoms with Gasteiger partial charge in [0.2, 0.25) is 11.7 Å². The summed E-state index contributed by atoms with van der Waals surface area (Å²) in [5.41, 5.74) is 0.985. The van der Waals surface area contributed by atoms with Crippen LogP contribution in [-0.2, 0) is 4.79 Å². The molecule has 2 aromatic rings. The molecule has 2 atom stereocenters. The Morgan fingerprint density at radius 3 is 2.61 bits per heavy atom. The molecule has 1 aliphatic heterocycles. The third-order valence-corrected chi connectivity index (χ3v) is 5.30. The summed E-state index contributed by atoms with van der Waals surface area (Å²) in [5, 5.41) is 14.7. The highest BCUT2D eigenvalue weighted by Gasteiger charge is 2.40. The third kappa shape index (κ3) is 4.91. The molecule has 11 heteroatoms. The molecule has 2 aliphatic rings. The van der Waals surface area contributed by atoms with E-state index in [1.807, 2.05) is 0 Å². The van der Waals surface area contributed by atoms with Gasteiger partial charge in [0.05, 0.1) is 6.10 Å². The van der Waals surface area contributed by atoms with Crippen molar-refractivity contribution >= 4 is 17.5 Å². The van der Waals surface area contributed by atoms with E-state index in [1.165, 1.54) is 17.0 Å². The molecule has 1 amide bonds. The molecule has 4 rings (SSSR count). The quantitative estimate of drug-likeness (QED) is 0.746. The van der Waals surface area contributed by atoms with Crippen LogP contribution < -0.4 is 4.74 Å². The van der Waals surface area contributed by atoms with Crippen LogP contribution in [0.25, 0.3) is 11.4 Å². The van der Waals surface area contributed by atoms with Gasteiger partial charge in [0.1, 0.15) is 11.8 Å². The number of aromatic nitrogens is 2. The molecule has 1 aliphatic carbocycles. The maximum absolute atomic E-state index is 12.9. The van der Waals surface area contributed by atoms with Crippen LogP contribution in [-0.4, -0.2) is 45.1 Å². The fourth-order valence-corrected chi connectivity index (χ4v) is 3.70. The Labute approximate surface area is 179 Å². The first-order valence-electron chi connectivity index (χ1n) is 9.43. The highest BCUT2D eigenvalue weighted by Crippen LogP contribution is 2.35. The smallest absolute Gasteiger partial charge is 0.406 e. The SMILES string of the molecule is O=C(C1=CC=C(Cl)CC1)N1CC(O)CC1c1nc(-c2ccc(OC(F)(F)F)cc2)no1. The summed E-state index contributed by atoms with van der Waals surface area (Å²) in [7, 11) is 0. The molecule has 2 heterocycles. The molecular formula is C20H17ClF3N3O4. The van der Waals surface area contributed by atoms with E-state index in [-0.39, 0.29) is 36.3 Å². The van der Waals surface area contributed by atoms with E-state index in [0.29, 0.717) is 29.0 Å². The first-order chi connectivity index (χ1) is 14.7. The van der Waals surface area contributed by atoms with Gasteiger partial charge in [0.25, 0.3) is 5.91 Å². The van der Waals surface area contributed by atoms with E-state index in [1.54, 1.807) is 12.2 Å². The molecule has 1 aromatic carbocycles. The lowest BCUT2D eigenvalue weighted by atomic mass is 10.0. The molecule has 0 radical (unpaired) electrons. The Morgan fingerprint density at radius 1 is 1.23 bits per heavy atom. The number of hydrogen-bond donors (Lipinski definition) is 1. The van der Waals surface area contributed by atoms with Crippen molar-refractivity contribution in [3.05, 3.63) is 52.9 Å². The average Bonchev–Trinajstić information content (AvgIpc) is 3.34. The third-order valence-electron chi connectivity index (χ3n) is 4.99. The van der Waals surface area contributed by atoms with E-state index in [4.69, 9.17) is 16.1 Å². The molecule has 2 unspecified atom stereocenters. The standard InChI is InChI=1S/C20H17ClF3N3O4/c21-13-5-1-12(2-6-13)19(29)27-10-14(28)9-16(27)18-25-17(26-31-18)11-3-7-15(8-4-11)30-20(22,23)24/h1,3-5,7-8,14,16,28H,2,6,9-10H2. The molecule has 0 saturated carbocycles. The first kappa shape index (κ1) is 21.4. The normalized spacial score (nSPS) is 21.6. The van der Waals surface area contributed by atoms with E-state index >= 15 is 0 Å². The summed E-state index contributed by atoms with van der Waals surface area (Å²) in [6.45, 7) is 0.124. The molecule has 0 spiro atoms. The lowest BCUT2D eigenvalue weighted by Gasteiger charge is -2.23. The van der Waals surface area contributed by atoms with Gasteiger partial charge in [-0.3, -0.25) is 4.79 Å². The van der Waals surface area contributed by atoms with Crippen molar-refractivity contribution < 1.29 is 32.3 Å². The second-order valence-electron chi connectivity index (χ2n) is 7.20. The highest BCUT2D eigenvalue weighted by molar-refractivity contribution is 6.29. The zero-order chi connectivity index (χ0) is 22.2. The van der Waals surface area contributed by atoms with Gasteiger partial charge in [-0.2, -0.15) is 4.98 Å². The van der Waals surface area contributed by atoms with Crippen LogP contribution in [0, 0.1) is 0 Å². The number of rotatable bonds is 4. The maximum Gasteiger partial charge on any atom is 0.573 e. The maximum atomic E-state index is 12.9. The first-order valence-corrected chi connectivity index (χ1v) is 9.81. The number of halogens is 4. The minimum Gasteiger partial charge on any atom is -0.406 e. The highest BCUT2D eigenvalue weighted by atomic mass is 35.5. The molecular weight excluding hydrogens is 439 g/mol. The number of alkyl halides is 3. The molecule has 31 heavy (non-hydrogen) atoms. The molecule has 1 fully saturated rings. The largest absolute Gasteiger partial charge is 0.573 e. The monoisotopic (exact) mass is 455 g/mol. The summed E-state index contributed by atoms with van der Waals surface area (Å²) in [5.74, 6) is -0.324. The summed E-state index contributed by atoms with van der Waals surface area (Å²) in [6.07, 6.45) is -0.888. The average molecular weight is 456 g/mol. The van der Waals surface area contributed by atoms with Crippen LogP contribution in [0.4, 0.5) is 13.2 Å². The Kier molecular flexibility index (Phi) is 5.76. The lowest BCUT2D eigenvalue weighted by molar-refractivity contribution is -0.274. The number of benzene rings is 1. The molecule has 1 N–H and O–H groups in total. The number of ether oxygens (including phenoxy) is 1. The Hall–Kier alpha value is -2.85. The van der Waals surface area contributed by atoms with Gasteiger partial charge in [-0.25, -0.2) is 0 Å². The van der Waals surface area contributed by atoms with Crippen molar-refractivity contribution in [2.45, 2.75) is 37.8 Å². The number of nitrogens with zero attached hydrogens (tertiary/aromatic N) is 3. The van der Waals surface area contributed by atoms with Crippen LogP contribution >= 0.6 is 11.6 Å². The number of carbonyl (C=O) groups excluding carboxylic acids is 1. The molecule has 1 aromatic heterocycles. The Bertz CT molecular complexity index is 1030. The predicted octanol–water partition coefficient (Wildman–Crippen LogP) is 4.11. The van der Waals surface area contributed by atoms with Crippen LogP contribution in [0.3, 0.4) is 0 Å². The van der Waals surface area contributed by atoms with E-state index in [2.05, 4.69) is 14.9 Å². The zero-order valence-corrected chi connectivity index (χ0v) is 16.7. The van der Waals surface area contributed by atoms with Gasteiger partial charge in [-0.15, -0.1) is 13.2 Å². The van der Waals surface area contributed by atoms with Gasteiger partial charge < -0.3 is 19.3 Å². The Morgan fingerprint density at radius 2 is 1.97 bits per heavy atom. The van der Waals surface area contributed by atoms with E-state index in [0.717, 1.165) is 12.1 Å². The fraction of sp³-hybridized carbons (Fsp3) is 0.350. The number of carbonyl (C=O) groups is 1. The summed E-state index contributed by atoms with van der Waals surface area (Å²) in [4.78, 5) is 18.7. The predicted molar refractivity (Wildman–Crippen MR) is 103 cm³/mol. The van der Waals surface area contributed by atoms with Crippen molar-refractivity contribution in [2.24, 2.45) is 0 Å². The van der Waals surface area contributed by atoms with Gasteiger partial charge in [0.15, 0.2) is 0 Å². The minimum absolute atomic E-state index is 0.124. The van der Waals surface area contributed by atoms with Crippen molar-refractivity contribution in [1.82, 2.24) is 15.0 Å².